The van der Waals surface area contributed by atoms with Crippen LogP contribution in [0.15, 0.2) is 182 Å². The van der Waals surface area contributed by atoms with E-state index in [1.165, 1.54) is 110 Å². The van der Waals surface area contributed by atoms with Crippen LogP contribution in [-0.2, 0) is 5.41 Å². The predicted molar refractivity (Wildman–Crippen MR) is 243 cm³/mol. The van der Waals surface area contributed by atoms with Gasteiger partial charge in [-0.2, -0.15) is 0 Å². The summed E-state index contributed by atoms with van der Waals surface area (Å²) in [5.41, 5.74) is 18.5. The van der Waals surface area contributed by atoms with Crippen molar-refractivity contribution in [3.63, 3.8) is 0 Å². The van der Waals surface area contributed by atoms with E-state index in [9.17, 15) is 0 Å². The first-order chi connectivity index (χ1) is 27.3. The van der Waals surface area contributed by atoms with Crippen molar-refractivity contribution < 1.29 is 0 Å². The van der Waals surface area contributed by atoms with Gasteiger partial charge in [-0.15, -0.1) is 0 Å². The standard InChI is InChI=1S/C55H42Si/c1-55(2)49-23-15-14-22-41(49)42-27-26-40(31-50(42)55)54-44-29-25-38(35-16-8-5-9-17-35)30-46(44)53(37-20-12-7-13-21-37)48-34-52-45(33-47(48)54)43-28-24-39(32-51(43)56(52,3)4)36-18-10-6-11-19-36/h5-34H,1-4H3. The molecule has 0 nitrogen and oxygen atoms in total. The zero-order chi connectivity index (χ0) is 37.8. The van der Waals surface area contributed by atoms with Gasteiger partial charge in [-0.3, -0.25) is 0 Å². The van der Waals surface area contributed by atoms with E-state index in [1.807, 2.05) is 0 Å². The van der Waals surface area contributed by atoms with Gasteiger partial charge in [0.25, 0.3) is 0 Å². The average molecular weight is 731 g/mol. The lowest BCUT2D eigenvalue weighted by Crippen LogP contribution is -2.49. The van der Waals surface area contributed by atoms with Crippen LogP contribution in [0.4, 0.5) is 0 Å². The first-order valence-corrected chi connectivity index (χ1v) is 22.9. The van der Waals surface area contributed by atoms with Crippen molar-refractivity contribution >= 4 is 40.0 Å². The number of benzene rings is 9. The Labute approximate surface area is 330 Å². The monoisotopic (exact) mass is 730 g/mol. The van der Waals surface area contributed by atoms with Crippen molar-refractivity contribution in [1.82, 2.24) is 0 Å². The highest BCUT2D eigenvalue weighted by molar-refractivity contribution is 7.04. The molecule has 0 saturated carbocycles. The summed E-state index contributed by atoms with van der Waals surface area (Å²) in [6.07, 6.45) is 0. The lowest BCUT2D eigenvalue weighted by atomic mass is 9.80. The Morgan fingerprint density at radius 2 is 0.821 bits per heavy atom. The van der Waals surface area contributed by atoms with E-state index in [-0.39, 0.29) is 5.41 Å². The van der Waals surface area contributed by atoms with Crippen molar-refractivity contribution in [2.24, 2.45) is 0 Å². The normalized spacial score (nSPS) is 14.4. The summed E-state index contributed by atoms with van der Waals surface area (Å²) in [4.78, 5) is 0. The zero-order valence-corrected chi connectivity index (χ0v) is 33.3. The molecule has 9 aromatic carbocycles. The maximum atomic E-state index is 2.62. The van der Waals surface area contributed by atoms with Gasteiger partial charge in [-0.25, -0.2) is 0 Å². The van der Waals surface area contributed by atoms with E-state index in [1.54, 1.807) is 0 Å². The van der Waals surface area contributed by atoms with Gasteiger partial charge in [0.2, 0.25) is 0 Å². The molecule has 1 aliphatic heterocycles. The maximum Gasteiger partial charge on any atom is 0.113 e. The molecule has 2 aliphatic rings. The molecule has 11 rings (SSSR count). The highest BCUT2D eigenvalue weighted by Gasteiger charge is 2.39. The van der Waals surface area contributed by atoms with E-state index >= 15 is 0 Å². The molecule has 0 saturated heterocycles. The van der Waals surface area contributed by atoms with Gasteiger partial charge >= 0.3 is 0 Å². The highest BCUT2D eigenvalue weighted by atomic mass is 28.3. The first kappa shape index (κ1) is 33.1. The Morgan fingerprint density at radius 3 is 1.54 bits per heavy atom. The molecule has 0 amide bonds. The van der Waals surface area contributed by atoms with E-state index in [0.717, 1.165) is 0 Å². The van der Waals surface area contributed by atoms with Gasteiger partial charge in [0.15, 0.2) is 0 Å². The third-order valence-electron chi connectivity index (χ3n) is 13.1. The molecule has 1 heterocycles. The fraction of sp³-hybridized carbons (Fsp3) is 0.0909. The molecule has 1 heteroatoms. The van der Waals surface area contributed by atoms with Gasteiger partial charge in [-0.05, 0) is 128 Å². The SMILES string of the molecule is CC1(C)c2ccccc2-c2ccc(-c3c4ccc(-c5ccccc5)cc4c(-c4ccccc4)c4cc5c(cc34)-c3ccc(-c4ccccc4)cc3[Si]5(C)C)cc21. The number of rotatable bonds is 4. The van der Waals surface area contributed by atoms with Gasteiger partial charge in [0.1, 0.15) is 8.07 Å². The van der Waals surface area contributed by atoms with Gasteiger partial charge in [-0.1, -0.05) is 191 Å². The molecule has 0 atom stereocenters. The zero-order valence-electron chi connectivity index (χ0n) is 32.3. The summed E-state index contributed by atoms with van der Waals surface area (Å²) < 4.78 is 0. The van der Waals surface area contributed by atoms with E-state index in [4.69, 9.17) is 0 Å². The van der Waals surface area contributed by atoms with Crippen LogP contribution in [0.3, 0.4) is 0 Å². The number of fused-ring (bicyclic) bond motifs is 8. The largest absolute Gasteiger partial charge is 0.113 e. The Balaban J connectivity index is 1.25. The van der Waals surface area contributed by atoms with Crippen LogP contribution in [0.2, 0.25) is 13.1 Å². The Bertz CT molecular complexity index is 3040. The first-order valence-electron chi connectivity index (χ1n) is 19.9. The number of hydrogen-bond donors (Lipinski definition) is 0. The third kappa shape index (κ3) is 4.77. The molecule has 0 bridgehead atoms. The molecular weight excluding hydrogens is 689 g/mol. The molecule has 1 aliphatic carbocycles. The molecule has 0 spiro atoms. The highest BCUT2D eigenvalue weighted by Crippen LogP contribution is 2.52. The van der Waals surface area contributed by atoms with Crippen LogP contribution in [0.25, 0.3) is 88.3 Å². The minimum absolute atomic E-state index is 0.0930. The Morgan fingerprint density at radius 1 is 0.321 bits per heavy atom. The van der Waals surface area contributed by atoms with Crippen LogP contribution in [-0.4, -0.2) is 8.07 Å². The van der Waals surface area contributed by atoms with Crippen molar-refractivity contribution in [3.05, 3.63) is 193 Å². The predicted octanol–water partition coefficient (Wildman–Crippen LogP) is 13.8. The van der Waals surface area contributed by atoms with Crippen LogP contribution in [0.5, 0.6) is 0 Å². The summed E-state index contributed by atoms with van der Waals surface area (Å²) >= 11 is 0. The van der Waals surface area contributed by atoms with E-state index in [0.29, 0.717) is 0 Å². The quantitative estimate of drug-likeness (QED) is 0.125. The molecule has 266 valence electrons. The van der Waals surface area contributed by atoms with Crippen LogP contribution >= 0.6 is 0 Å². The van der Waals surface area contributed by atoms with Crippen LogP contribution in [0.1, 0.15) is 25.0 Å². The van der Waals surface area contributed by atoms with E-state index < -0.39 is 8.07 Å². The van der Waals surface area contributed by atoms with E-state index in [2.05, 4.69) is 209 Å². The Hall–Kier alpha value is -6.28. The summed E-state index contributed by atoms with van der Waals surface area (Å²) in [6.45, 7) is 9.89. The van der Waals surface area contributed by atoms with Gasteiger partial charge in [0.05, 0.1) is 0 Å². The smallest absolute Gasteiger partial charge is 0.0622 e. The molecular formula is C55H42Si. The minimum Gasteiger partial charge on any atom is -0.0622 e. The number of hydrogen-bond acceptors (Lipinski definition) is 0. The average Bonchev–Trinajstić information content (AvgIpc) is 3.61. The van der Waals surface area contributed by atoms with Crippen molar-refractivity contribution in [1.29, 1.82) is 0 Å². The maximum absolute atomic E-state index is 2.62. The molecule has 0 unspecified atom stereocenters. The second-order valence-corrected chi connectivity index (χ2v) is 21.2. The van der Waals surface area contributed by atoms with Crippen molar-refractivity contribution in [3.8, 4) is 66.8 Å². The molecule has 0 N–H and O–H groups in total. The fourth-order valence-electron chi connectivity index (χ4n) is 10.2. The lowest BCUT2D eigenvalue weighted by molar-refractivity contribution is 0.660. The fourth-order valence-corrected chi connectivity index (χ4v) is 13.2. The summed E-state index contributed by atoms with van der Waals surface area (Å²) in [7, 11) is -2.08. The molecule has 0 aromatic heterocycles. The van der Waals surface area contributed by atoms with Gasteiger partial charge in [0, 0.05) is 5.41 Å². The second-order valence-electron chi connectivity index (χ2n) is 16.9. The molecule has 9 aromatic rings. The summed E-state index contributed by atoms with van der Waals surface area (Å²) in [5.74, 6) is 0. The molecule has 56 heavy (non-hydrogen) atoms. The van der Waals surface area contributed by atoms with Crippen molar-refractivity contribution in [2.75, 3.05) is 0 Å². The van der Waals surface area contributed by atoms with Gasteiger partial charge < -0.3 is 0 Å². The van der Waals surface area contributed by atoms with Crippen LogP contribution in [0, 0.1) is 0 Å². The summed E-state index contributed by atoms with van der Waals surface area (Å²) in [5, 5.41) is 8.29. The lowest BCUT2D eigenvalue weighted by Gasteiger charge is -2.24. The van der Waals surface area contributed by atoms with Crippen LogP contribution < -0.4 is 10.4 Å². The summed E-state index contributed by atoms with van der Waals surface area (Å²) in [6, 6.07) is 68.7. The van der Waals surface area contributed by atoms with Crippen molar-refractivity contribution in [2.45, 2.75) is 32.4 Å². The third-order valence-corrected chi connectivity index (χ3v) is 16.6. The minimum atomic E-state index is -2.08. The molecule has 0 fully saturated rings. The second kappa shape index (κ2) is 12.1. The topological polar surface area (TPSA) is 0 Å². The molecule has 0 radical (unpaired) electrons. The Kier molecular flexibility index (Phi) is 7.15.